The summed E-state index contributed by atoms with van der Waals surface area (Å²) in [4.78, 5) is 19.3. The second-order valence-corrected chi connectivity index (χ2v) is 3.32. The van der Waals surface area contributed by atoms with E-state index in [-0.39, 0.29) is 12.8 Å². The summed E-state index contributed by atoms with van der Waals surface area (Å²) in [7, 11) is 0. The Bertz CT molecular complexity index is 257. The maximum absolute atomic E-state index is 10.4. The van der Waals surface area contributed by atoms with Crippen molar-refractivity contribution < 1.29 is 20.1 Å². The van der Waals surface area contributed by atoms with Gasteiger partial charge < -0.3 is 10.2 Å². The lowest BCUT2D eigenvalue weighted by Crippen LogP contribution is -2.51. The topological polar surface area (TPSA) is 127 Å². The normalized spacial score (nSPS) is 37.9. The Morgan fingerprint density at radius 1 is 1.07 bits per heavy atom. The maximum atomic E-state index is 10.4. The fraction of sp³-hybridized carbons (Fsp3) is 1.00. The molecule has 14 heavy (non-hydrogen) atoms. The van der Waals surface area contributed by atoms with E-state index in [1.165, 1.54) is 0 Å². The van der Waals surface area contributed by atoms with Crippen LogP contribution in [0.25, 0.3) is 0 Å². The second kappa shape index (κ2) is 3.84. The molecule has 1 aliphatic rings. The molecule has 4 unspecified atom stereocenters. The maximum Gasteiger partial charge on any atom is 0.247 e. The van der Waals surface area contributed by atoms with E-state index in [1.807, 2.05) is 0 Å². The number of hydrogen-bond donors (Lipinski definition) is 2. The molecular formula is C6H10N2O6. The zero-order chi connectivity index (χ0) is 10.9. The first-order chi connectivity index (χ1) is 6.43. The third-order valence-corrected chi connectivity index (χ3v) is 2.38. The number of hydrogen-bond acceptors (Lipinski definition) is 6. The lowest BCUT2D eigenvalue weighted by atomic mass is 9.87. The second-order valence-electron chi connectivity index (χ2n) is 3.32. The van der Waals surface area contributed by atoms with Crippen molar-refractivity contribution in [3.05, 3.63) is 20.2 Å². The summed E-state index contributed by atoms with van der Waals surface area (Å²) in [5, 5.41) is 39.1. The smallest absolute Gasteiger partial charge is 0.247 e. The van der Waals surface area contributed by atoms with Gasteiger partial charge in [-0.25, -0.2) is 0 Å². The van der Waals surface area contributed by atoms with Crippen LogP contribution in [-0.2, 0) is 0 Å². The quantitative estimate of drug-likeness (QED) is 0.431. The first kappa shape index (κ1) is 10.8. The van der Waals surface area contributed by atoms with E-state index in [0.29, 0.717) is 0 Å². The highest BCUT2D eigenvalue weighted by molar-refractivity contribution is 4.86. The molecule has 0 aromatic carbocycles. The van der Waals surface area contributed by atoms with Crippen molar-refractivity contribution in [1.29, 1.82) is 0 Å². The highest BCUT2D eigenvalue weighted by Crippen LogP contribution is 2.23. The molecule has 0 heterocycles. The molecule has 0 aliphatic heterocycles. The lowest BCUT2D eigenvalue weighted by Gasteiger charge is -2.27. The molecule has 1 saturated carbocycles. The van der Waals surface area contributed by atoms with Crippen molar-refractivity contribution in [3.8, 4) is 0 Å². The minimum Gasteiger partial charge on any atom is -0.390 e. The van der Waals surface area contributed by atoms with Gasteiger partial charge >= 0.3 is 0 Å². The monoisotopic (exact) mass is 206 g/mol. The zero-order valence-electron chi connectivity index (χ0n) is 7.15. The van der Waals surface area contributed by atoms with Gasteiger partial charge in [0.15, 0.2) is 0 Å². The van der Waals surface area contributed by atoms with E-state index >= 15 is 0 Å². The average molecular weight is 206 g/mol. The molecule has 2 N–H and O–H groups in total. The van der Waals surface area contributed by atoms with E-state index < -0.39 is 34.1 Å². The summed E-state index contributed by atoms with van der Waals surface area (Å²) >= 11 is 0. The molecule has 1 aliphatic carbocycles. The van der Waals surface area contributed by atoms with Crippen LogP contribution in [0.4, 0.5) is 0 Å². The van der Waals surface area contributed by atoms with Gasteiger partial charge in [0, 0.05) is 16.3 Å². The summed E-state index contributed by atoms with van der Waals surface area (Å²) in [5.74, 6) is 0. The van der Waals surface area contributed by atoms with Crippen LogP contribution in [0, 0.1) is 20.2 Å². The zero-order valence-corrected chi connectivity index (χ0v) is 7.15. The first-order valence-corrected chi connectivity index (χ1v) is 4.06. The SMILES string of the molecule is O=[N+]([O-])C1CC(O)C(O)C([N+](=O)[O-])C1. The van der Waals surface area contributed by atoms with Crippen molar-refractivity contribution in [2.45, 2.75) is 37.1 Å². The van der Waals surface area contributed by atoms with Crippen molar-refractivity contribution in [2.75, 3.05) is 0 Å². The van der Waals surface area contributed by atoms with Crippen LogP contribution in [0.3, 0.4) is 0 Å². The van der Waals surface area contributed by atoms with Gasteiger partial charge in [0.2, 0.25) is 12.1 Å². The van der Waals surface area contributed by atoms with Crippen molar-refractivity contribution in [2.24, 2.45) is 0 Å². The predicted octanol–water partition coefficient (Wildman–Crippen LogP) is -1.21. The Balaban J connectivity index is 2.76. The summed E-state index contributed by atoms with van der Waals surface area (Å²) in [5.41, 5.74) is 0. The molecule has 0 spiro atoms. The van der Waals surface area contributed by atoms with Crippen LogP contribution in [0.5, 0.6) is 0 Å². The Labute approximate surface area is 78.5 Å². The number of nitro groups is 2. The Hall–Kier alpha value is -1.28. The van der Waals surface area contributed by atoms with Crippen LogP contribution < -0.4 is 0 Å². The molecular weight excluding hydrogens is 196 g/mol. The van der Waals surface area contributed by atoms with Gasteiger partial charge in [0.25, 0.3) is 0 Å². The Morgan fingerprint density at radius 3 is 2.07 bits per heavy atom. The number of rotatable bonds is 2. The van der Waals surface area contributed by atoms with E-state index in [9.17, 15) is 25.3 Å². The molecule has 0 aromatic heterocycles. The molecule has 1 fully saturated rings. The fourth-order valence-electron chi connectivity index (χ4n) is 1.57. The molecule has 4 atom stereocenters. The van der Waals surface area contributed by atoms with Gasteiger partial charge in [-0.2, -0.15) is 0 Å². The summed E-state index contributed by atoms with van der Waals surface area (Å²) in [6, 6.07) is -2.60. The molecule has 0 aromatic rings. The molecule has 0 amide bonds. The highest BCUT2D eigenvalue weighted by Gasteiger charge is 2.47. The van der Waals surface area contributed by atoms with E-state index in [2.05, 4.69) is 0 Å². The van der Waals surface area contributed by atoms with Crippen LogP contribution >= 0.6 is 0 Å². The average Bonchev–Trinajstić information content (AvgIpc) is 2.08. The van der Waals surface area contributed by atoms with Gasteiger partial charge in [0.1, 0.15) is 6.10 Å². The fourth-order valence-corrected chi connectivity index (χ4v) is 1.57. The third kappa shape index (κ3) is 1.96. The molecule has 0 bridgehead atoms. The van der Waals surface area contributed by atoms with Gasteiger partial charge in [-0.3, -0.25) is 20.2 Å². The molecule has 0 radical (unpaired) electrons. The van der Waals surface area contributed by atoms with Gasteiger partial charge in [-0.15, -0.1) is 0 Å². The molecule has 80 valence electrons. The predicted molar refractivity (Wildman–Crippen MR) is 42.8 cm³/mol. The summed E-state index contributed by atoms with van der Waals surface area (Å²) < 4.78 is 0. The van der Waals surface area contributed by atoms with E-state index in [4.69, 9.17) is 5.11 Å². The summed E-state index contributed by atoms with van der Waals surface area (Å²) in [6.45, 7) is 0. The minimum absolute atomic E-state index is 0.238. The number of aliphatic hydroxyl groups excluding tert-OH is 2. The van der Waals surface area contributed by atoms with Gasteiger partial charge in [0.05, 0.1) is 12.5 Å². The minimum atomic E-state index is -1.51. The van der Waals surface area contributed by atoms with Crippen molar-refractivity contribution in [3.63, 3.8) is 0 Å². The Kier molecular flexibility index (Phi) is 2.96. The lowest BCUT2D eigenvalue weighted by molar-refractivity contribution is -0.579. The van der Waals surface area contributed by atoms with E-state index in [0.717, 1.165) is 0 Å². The Morgan fingerprint density at radius 2 is 1.64 bits per heavy atom. The highest BCUT2D eigenvalue weighted by atomic mass is 16.6. The standard InChI is InChI=1S/C6H10N2O6/c9-5-2-3(7(11)12)1-4(6(5)10)8(13)14/h3-6,9-10H,1-2H2. The largest absolute Gasteiger partial charge is 0.390 e. The third-order valence-electron chi connectivity index (χ3n) is 2.38. The van der Waals surface area contributed by atoms with Crippen LogP contribution in [-0.4, -0.2) is 44.4 Å². The van der Waals surface area contributed by atoms with Crippen LogP contribution in [0.2, 0.25) is 0 Å². The van der Waals surface area contributed by atoms with E-state index in [1.54, 1.807) is 0 Å². The number of nitrogens with zero attached hydrogens (tertiary/aromatic N) is 2. The molecule has 8 heteroatoms. The van der Waals surface area contributed by atoms with Crippen molar-refractivity contribution in [1.82, 2.24) is 0 Å². The number of aliphatic hydroxyl groups is 2. The molecule has 8 nitrogen and oxygen atoms in total. The van der Waals surface area contributed by atoms with Crippen molar-refractivity contribution >= 4 is 0 Å². The first-order valence-electron chi connectivity index (χ1n) is 4.06. The summed E-state index contributed by atoms with van der Waals surface area (Å²) in [6.07, 6.45) is -3.48. The molecule has 1 rings (SSSR count). The van der Waals surface area contributed by atoms with Gasteiger partial charge in [-0.1, -0.05) is 0 Å². The van der Waals surface area contributed by atoms with Crippen LogP contribution in [0.1, 0.15) is 12.8 Å². The van der Waals surface area contributed by atoms with Crippen LogP contribution in [0.15, 0.2) is 0 Å². The molecule has 0 saturated heterocycles. The van der Waals surface area contributed by atoms with Gasteiger partial charge in [-0.05, 0) is 0 Å².